The van der Waals surface area contributed by atoms with Crippen molar-refractivity contribution in [1.82, 2.24) is 5.16 Å². The summed E-state index contributed by atoms with van der Waals surface area (Å²) < 4.78 is 5.53. The molecule has 0 bridgehead atoms. The standard InChI is InChI=1S/C9H6BrNO2/c10-7-3-1-2-6(4-7)8-5-9(12)13-11-8/h1-5,11H. The molecule has 0 aliphatic heterocycles. The third-order valence-electron chi connectivity index (χ3n) is 1.66. The minimum Gasteiger partial charge on any atom is -0.339 e. The fourth-order valence-corrected chi connectivity index (χ4v) is 1.48. The summed E-state index contributed by atoms with van der Waals surface area (Å²) in [6.45, 7) is 0. The highest BCUT2D eigenvalue weighted by molar-refractivity contribution is 9.10. The number of hydrogen-bond donors (Lipinski definition) is 1. The third kappa shape index (κ3) is 1.72. The molecule has 2 aromatic rings. The Kier molecular flexibility index (Phi) is 2.06. The van der Waals surface area contributed by atoms with Gasteiger partial charge in [0.1, 0.15) is 0 Å². The lowest BCUT2D eigenvalue weighted by Gasteiger charge is -1.95. The number of halogens is 1. The Morgan fingerprint density at radius 1 is 1.31 bits per heavy atom. The molecule has 0 saturated heterocycles. The molecule has 0 unspecified atom stereocenters. The highest BCUT2D eigenvalue weighted by Crippen LogP contribution is 2.19. The van der Waals surface area contributed by atoms with Gasteiger partial charge in [-0.2, -0.15) is 0 Å². The predicted octanol–water partition coefficient (Wildman–Crippen LogP) is 2.40. The Morgan fingerprint density at radius 3 is 2.77 bits per heavy atom. The molecule has 1 aromatic heterocycles. The molecule has 3 nitrogen and oxygen atoms in total. The first-order valence-electron chi connectivity index (χ1n) is 3.70. The summed E-state index contributed by atoms with van der Waals surface area (Å²) in [6.07, 6.45) is 0. The Morgan fingerprint density at radius 2 is 2.15 bits per heavy atom. The molecule has 4 heteroatoms. The number of nitrogens with one attached hydrogen (secondary N) is 1. The van der Waals surface area contributed by atoms with Crippen LogP contribution in [0.4, 0.5) is 0 Å². The molecule has 0 atom stereocenters. The quantitative estimate of drug-likeness (QED) is 0.831. The van der Waals surface area contributed by atoms with Crippen molar-refractivity contribution in [2.45, 2.75) is 0 Å². The van der Waals surface area contributed by atoms with Crippen molar-refractivity contribution >= 4 is 15.9 Å². The van der Waals surface area contributed by atoms with Crippen molar-refractivity contribution in [3.63, 3.8) is 0 Å². The molecule has 0 spiro atoms. The lowest BCUT2D eigenvalue weighted by atomic mass is 10.2. The van der Waals surface area contributed by atoms with Crippen LogP contribution in [-0.2, 0) is 0 Å². The molecule has 0 amide bonds. The van der Waals surface area contributed by atoms with Gasteiger partial charge in [0.2, 0.25) is 0 Å². The molecule has 1 N–H and O–H groups in total. The minimum absolute atomic E-state index is 0.366. The van der Waals surface area contributed by atoms with E-state index in [1.807, 2.05) is 24.3 Å². The van der Waals surface area contributed by atoms with Gasteiger partial charge >= 0.3 is 5.63 Å². The zero-order valence-corrected chi connectivity index (χ0v) is 8.17. The second-order valence-electron chi connectivity index (χ2n) is 2.59. The summed E-state index contributed by atoms with van der Waals surface area (Å²) in [5.74, 6) is 0. The van der Waals surface area contributed by atoms with Crippen molar-refractivity contribution in [2.24, 2.45) is 0 Å². The lowest BCUT2D eigenvalue weighted by molar-refractivity contribution is 0.394. The molecule has 1 aromatic carbocycles. The third-order valence-corrected chi connectivity index (χ3v) is 2.15. The average molecular weight is 240 g/mol. The van der Waals surface area contributed by atoms with Crippen LogP contribution in [0.25, 0.3) is 11.3 Å². The van der Waals surface area contributed by atoms with Crippen LogP contribution in [-0.4, -0.2) is 5.16 Å². The van der Waals surface area contributed by atoms with Crippen LogP contribution in [0.1, 0.15) is 0 Å². The van der Waals surface area contributed by atoms with E-state index in [1.54, 1.807) is 0 Å². The summed E-state index contributed by atoms with van der Waals surface area (Å²) in [5.41, 5.74) is 1.24. The van der Waals surface area contributed by atoms with E-state index in [4.69, 9.17) is 0 Å². The SMILES string of the molecule is O=c1cc(-c2cccc(Br)c2)[nH]o1. The largest absolute Gasteiger partial charge is 0.357 e. The monoisotopic (exact) mass is 239 g/mol. The van der Waals surface area contributed by atoms with Gasteiger partial charge in [-0.05, 0) is 12.1 Å². The molecule has 0 aliphatic carbocycles. The van der Waals surface area contributed by atoms with Crippen LogP contribution in [0.15, 0.2) is 44.1 Å². The van der Waals surface area contributed by atoms with Crippen molar-refractivity contribution in [3.05, 3.63) is 45.2 Å². The fourth-order valence-electron chi connectivity index (χ4n) is 1.08. The number of H-pyrrole nitrogens is 1. The first kappa shape index (κ1) is 8.31. The van der Waals surface area contributed by atoms with Crippen LogP contribution < -0.4 is 5.63 Å². The Labute approximate surface area is 82.5 Å². The van der Waals surface area contributed by atoms with Gasteiger partial charge in [-0.15, -0.1) is 0 Å². The normalized spacial score (nSPS) is 10.2. The van der Waals surface area contributed by atoms with Gasteiger partial charge in [0.15, 0.2) is 0 Å². The first-order valence-corrected chi connectivity index (χ1v) is 4.49. The van der Waals surface area contributed by atoms with E-state index in [-0.39, 0.29) is 5.63 Å². The second-order valence-corrected chi connectivity index (χ2v) is 3.51. The molecular weight excluding hydrogens is 234 g/mol. The van der Waals surface area contributed by atoms with E-state index in [1.165, 1.54) is 6.07 Å². The van der Waals surface area contributed by atoms with Crippen molar-refractivity contribution in [3.8, 4) is 11.3 Å². The van der Waals surface area contributed by atoms with Gasteiger partial charge in [0.05, 0.1) is 11.8 Å². The van der Waals surface area contributed by atoms with Crippen LogP contribution in [0.5, 0.6) is 0 Å². The van der Waals surface area contributed by atoms with Crippen LogP contribution in [0.2, 0.25) is 0 Å². The minimum atomic E-state index is -0.366. The maximum atomic E-state index is 10.7. The first-order chi connectivity index (χ1) is 6.25. The van der Waals surface area contributed by atoms with E-state index in [9.17, 15) is 4.79 Å². The highest BCUT2D eigenvalue weighted by atomic mass is 79.9. The molecule has 1 heterocycles. The summed E-state index contributed by atoms with van der Waals surface area (Å²) in [6, 6.07) is 9.03. The zero-order valence-electron chi connectivity index (χ0n) is 6.58. The molecule has 0 fully saturated rings. The van der Waals surface area contributed by atoms with Gasteiger partial charge in [-0.1, -0.05) is 28.1 Å². The van der Waals surface area contributed by atoms with Gasteiger partial charge in [0, 0.05) is 10.0 Å². The maximum Gasteiger partial charge on any atom is 0.357 e. The smallest absolute Gasteiger partial charge is 0.339 e. The van der Waals surface area contributed by atoms with E-state index >= 15 is 0 Å². The summed E-state index contributed by atoms with van der Waals surface area (Å²) >= 11 is 3.34. The van der Waals surface area contributed by atoms with Crippen LogP contribution in [0, 0.1) is 0 Å². The Balaban J connectivity index is 2.52. The second kappa shape index (κ2) is 3.22. The maximum absolute atomic E-state index is 10.7. The number of benzene rings is 1. The molecule has 0 saturated carbocycles. The zero-order chi connectivity index (χ0) is 9.26. The molecule has 0 radical (unpaired) electrons. The lowest BCUT2D eigenvalue weighted by Crippen LogP contribution is -1.85. The molecule has 2 rings (SSSR count). The van der Waals surface area contributed by atoms with Crippen LogP contribution >= 0.6 is 15.9 Å². The van der Waals surface area contributed by atoms with Crippen molar-refractivity contribution in [1.29, 1.82) is 0 Å². The van der Waals surface area contributed by atoms with Crippen molar-refractivity contribution in [2.75, 3.05) is 0 Å². The summed E-state index contributed by atoms with van der Waals surface area (Å²) in [5, 5.41) is 2.54. The average Bonchev–Trinajstić information content (AvgIpc) is 2.52. The summed E-state index contributed by atoms with van der Waals surface area (Å²) in [7, 11) is 0. The summed E-state index contributed by atoms with van der Waals surface area (Å²) in [4.78, 5) is 10.7. The number of rotatable bonds is 1. The fraction of sp³-hybridized carbons (Fsp3) is 0. The molecule has 13 heavy (non-hydrogen) atoms. The highest BCUT2D eigenvalue weighted by Gasteiger charge is 2.01. The van der Waals surface area contributed by atoms with E-state index in [0.29, 0.717) is 5.69 Å². The van der Waals surface area contributed by atoms with Gasteiger partial charge in [0.25, 0.3) is 0 Å². The predicted molar refractivity (Wildman–Crippen MR) is 52.5 cm³/mol. The van der Waals surface area contributed by atoms with E-state index in [2.05, 4.69) is 25.6 Å². The molecular formula is C9H6BrNO2. The Bertz CT molecular complexity index is 472. The number of aromatic nitrogens is 1. The number of hydrogen-bond acceptors (Lipinski definition) is 2. The van der Waals surface area contributed by atoms with Gasteiger partial charge in [-0.25, -0.2) is 9.95 Å². The van der Waals surface area contributed by atoms with E-state index in [0.717, 1.165) is 10.0 Å². The topological polar surface area (TPSA) is 46.0 Å². The van der Waals surface area contributed by atoms with Gasteiger partial charge in [-0.3, -0.25) is 0 Å². The van der Waals surface area contributed by atoms with Gasteiger partial charge < -0.3 is 4.52 Å². The molecule has 0 aliphatic rings. The Hall–Kier alpha value is -1.29. The number of aromatic amines is 1. The van der Waals surface area contributed by atoms with Crippen LogP contribution in [0.3, 0.4) is 0 Å². The van der Waals surface area contributed by atoms with E-state index < -0.39 is 0 Å². The van der Waals surface area contributed by atoms with Crippen molar-refractivity contribution < 1.29 is 4.52 Å². The molecule has 66 valence electrons.